The summed E-state index contributed by atoms with van der Waals surface area (Å²) in [4.78, 5) is 17.7. The van der Waals surface area contributed by atoms with Crippen LogP contribution in [0.15, 0.2) is 82.7 Å². The number of aromatic nitrogens is 4. The summed E-state index contributed by atoms with van der Waals surface area (Å²) in [6, 6.07) is 20.0. The standard InChI is InChI=1S/C25H23N5O2S/c1-17-7-5-8-18(13-17)30-24(21-14-26-22-11-4-3-10-20(21)22)27-28-25(30)33-16-23(31)29(2)15-19-9-6-12-32-19/h3-14,26H,15-16H2,1-2H3. The van der Waals surface area contributed by atoms with E-state index >= 15 is 0 Å². The molecule has 0 saturated carbocycles. The average Bonchev–Trinajstić information content (AvgIpc) is 3.56. The maximum Gasteiger partial charge on any atom is 0.233 e. The number of rotatable bonds is 7. The van der Waals surface area contributed by atoms with Gasteiger partial charge in [-0.25, -0.2) is 0 Å². The van der Waals surface area contributed by atoms with Crippen molar-refractivity contribution in [1.82, 2.24) is 24.6 Å². The van der Waals surface area contributed by atoms with Crippen molar-refractivity contribution in [3.63, 3.8) is 0 Å². The molecule has 3 aromatic heterocycles. The van der Waals surface area contributed by atoms with Gasteiger partial charge in [0, 0.05) is 35.4 Å². The van der Waals surface area contributed by atoms with Gasteiger partial charge >= 0.3 is 0 Å². The number of hydrogen-bond acceptors (Lipinski definition) is 5. The molecule has 0 aliphatic rings. The first-order valence-corrected chi connectivity index (χ1v) is 11.6. The van der Waals surface area contributed by atoms with Crippen molar-refractivity contribution >= 4 is 28.6 Å². The smallest absolute Gasteiger partial charge is 0.233 e. The Hall–Kier alpha value is -3.78. The summed E-state index contributed by atoms with van der Waals surface area (Å²) in [5.41, 5.74) is 4.10. The Morgan fingerprint density at radius 2 is 2.00 bits per heavy atom. The molecular formula is C25H23N5O2S. The molecule has 0 spiro atoms. The number of fused-ring (bicyclic) bond motifs is 1. The van der Waals surface area contributed by atoms with Crippen molar-refractivity contribution in [2.24, 2.45) is 0 Å². The number of nitrogens with one attached hydrogen (secondary N) is 1. The molecular weight excluding hydrogens is 434 g/mol. The van der Waals surface area contributed by atoms with E-state index in [0.29, 0.717) is 11.7 Å². The van der Waals surface area contributed by atoms with Crippen molar-refractivity contribution in [1.29, 1.82) is 0 Å². The lowest BCUT2D eigenvalue weighted by molar-refractivity contribution is -0.127. The number of hydrogen-bond donors (Lipinski definition) is 1. The lowest BCUT2D eigenvalue weighted by atomic mass is 10.1. The van der Waals surface area contributed by atoms with Crippen molar-refractivity contribution < 1.29 is 9.21 Å². The van der Waals surface area contributed by atoms with E-state index in [4.69, 9.17) is 4.42 Å². The first-order chi connectivity index (χ1) is 16.1. The van der Waals surface area contributed by atoms with E-state index in [1.165, 1.54) is 11.8 Å². The van der Waals surface area contributed by atoms with Gasteiger partial charge in [0.15, 0.2) is 11.0 Å². The Labute approximate surface area is 195 Å². The Balaban J connectivity index is 1.47. The quantitative estimate of drug-likeness (QED) is 0.345. The summed E-state index contributed by atoms with van der Waals surface area (Å²) in [6.07, 6.45) is 3.57. The Bertz CT molecular complexity index is 1400. The second-order valence-electron chi connectivity index (χ2n) is 7.85. The van der Waals surface area contributed by atoms with Crippen LogP contribution in [0.5, 0.6) is 0 Å². The van der Waals surface area contributed by atoms with Gasteiger partial charge in [0.1, 0.15) is 5.76 Å². The highest BCUT2D eigenvalue weighted by atomic mass is 32.2. The monoisotopic (exact) mass is 457 g/mol. The van der Waals surface area contributed by atoms with Crippen molar-refractivity contribution in [2.75, 3.05) is 12.8 Å². The molecule has 0 aliphatic heterocycles. The zero-order valence-corrected chi connectivity index (χ0v) is 19.2. The lowest BCUT2D eigenvalue weighted by Gasteiger charge is -2.15. The molecule has 7 nitrogen and oxygen atoms in total. The third kappa shape index (κ3) is 4.29. The highest BCUT2D eigenvalue weighted by Crippen LogP contribution is 2.32. The number of H-pyrrole nitrogens is 1. The van der Waals surface area contributed by atoms with Crippen LogP contribution < -0.4 is 0 Å². The maximum absolute atomic E-state index is 12.8. The van der Waals surface area contributed by atoms with E-state index < -0.39 is 0 Å². The minimum Gasteiger partial charge on any atom is -0.467 e. The van der Waals surface area contributed by atoms with E-state index in [1.54, 1.807) is 18.2 Å². The summed E-state index contributed by atoms with van der Waals surface area (Å²) >= 11 is 1.38. The second kappa shape index (κ2) is 8.99. The number of furan rings is 1. The Morgan fingerprint density at radius 3 is 2.82 bits per heavy atom. The van der Waals surface area contributed by atoms with E-state index in [0.717, 1.165) is 39.3 Å². The number of carbonyl (C=O) groups excluding carboxylic acids is 1. The van der Waals surface area contributed by atoms with E-state index in [2.05, 4.69) is 40.3 Å². The molecule has 0 fully saturated rings. The Morgan fingerprint density at radius 1 is 1.12 bits per heavy atom. The van der Waals surface area contributed by atoms with Crippen molar-refractivity contribution in [2.45, 2.75) is 18.6 Å². The third-order valence-electron chi connectivity index (χ3n) is 5.45. The minimum atomic E-state index is -0.0103. The summed E-state index contributed by atoms with van der Waals surface area (Å²) in [6.45, 7) is 2.48. The molecule has 0 unspecified atom stereocenters. The molecule has 0 bridgehead atoms. The summed E-state index contributed by atoms with van der Waals surface area (Å²) in [5, 5.41) is 10.7. The molecule has 1 amide bonds. The highest BCUT2D eigenvalue weighted by Gasteiger charge is 2.20. The zero-order chi connectivity index (χ0) is 22.8. The number of aromatic amines is 1. The zero-order valence-electron chi connectivity index (χ0n) is 18.4. The van der Waals surface area contributed by atoms with Crippen LogP contribution in [0.3, 0.4) is 0 Å². The van der Waals surface area contributed by atoms with Gasteiger partial charge in [-0.05, 0) is 42.8 Å². The molecule has 5 rings (SSSR count). The summed E-state index contributed by atoms with van der Waals surface area (Å²) in [7, 11) is 1.77. The molecule has 33 heavy (non-hydrogen) atoms. The van der Waals surface area contributed by atoms with Gasteiger partial charge in [-0.1, -0.05) is 42.1 Å². The summed E-state index contributed by atoms with van der Waals surface area (Å²) in [5.74, 6) is 1.72. The van der Waals surface area contributed by atoms with Crippen LogP contribution in [0.2, 0.25) is 0 Å². The van der Waals surface area contributed by atoms with Crippen LogP contribution in [0.25, 0.3) is 28.0 Å². The molecule has 2 aromatic carbocycles. The maximum atomic E-state index is 12.8. The third-order valence-corrected chi connectivity index (χ3v) is 6.36. The summed E-state index contributed by atoms with van der Waals surface area (Å²) < 4.78 is 7.38. The predicted octanol–water partition coefficient (Wildman–Crippen LogP) is 5.07. The molecule has 1 N–H and O–H groups in total. The van der Waals surface area contributed by atoms with Crippen LogP contribution in [0.4, 0.5) is 0 Å². The lowest BCUT2D eigenvalue weighted by Crippen LogP contribution is -2.27. The molecule has 0 atom stereocenters. The first-order valence-electron chi connectivity index (χ1n) is 10.6. The molecule has 3 heterocycles. The van der Waals surface area contributed by atoms with Crippen LogP contribution >= 0.6 is 11.8 Å². The average molecular weight is 458 g/mol. The van der Waals surface area contributed by atoms with E-state index in [-0.39, 0.29) is 11.7 Å². The van der Waals surface area contributed by atoms with Crippen molar-refractivity contribution in [3.8, 4) is 17.1 Å². The van der Waals surface area contributed by atoms with Gasteiger partial charge in [0.25, 0.3) is 0 Å². The molecule has 0 radical (unpaired) electrons. The normalized spacial score (nSPS) is 11.2. The van der Waals surface area contributed by atoms with E-state index in [9.17, 15) is 4.79 Å². The van der Waals surface area contributed by atoms with Gasteiger partial charge in [-0.3, -0.25) is 9.36 Å². The minimum absolute atomic E-state index is 0.0103. The largest absolute Gasteiger partial charge is 0.467 e. The molecule has 166 valence electrons. The van der Waals surface area contributed by atoms with Crippen LogP contribution in [-0.2, 0) is 11.3 Å². The van der Waals surface area contributed by atoms with Gasteiger partial charge in [0.2, 0.25) is 5.91 Å². The topological polar surface area (TPSA) is 79.9 Å². The van der Waals surface area contributed by atoms with Crippen molar-refractivity contribution in [3.05, 3.63) is 84.4 Å². The Kier molecular flexibility index (Phi) is 5.75. The van der Waals surface area contributed by atoms with Gasteiger partial charge in [-0.2, -0.15) is 0 Å². The highest BCUT2D eigenvalue weighted by molar-refractivity contribution is 7.99. The number of carbonyl (C=O) groups is 1. The SMILES string of the molecule is Cc1cccc(-n2c(SCC(=O)N(C)Cc3ccco3)nnc2-c2c[nH]c3ccccc23)c1. The number of nitrogens with zero attached hydrogens (tertiary/aromatic N) is 4. The van der Waals surface area contributed by atoms with Gasteiger partial charge < -0.3 is 14.3 Å². The number of para-hydroxylation sites is 1. The molecule has 8 heteroatoms. The number of aryl methyl sites for hydroxylation is 1. The molecule has 0 saturated heterocycles. The van der Waals surface area contributed by atoms with Crippen LogP contribution in [0, 0.1) is 6.92 Å². The van der Waals surface area contributed by atoms with E-state index in [1.807, 2.05) is 53.2 Å². The first kappa shape index (κ1) is 21.1. The van der Waals surface area contributed by atoms with Gasteiger partial charge in [0.05, 0.1) is 18.6 Å². The number of amides is 1. The van der Waals surface area contributed by atoms with Crippen LogP contribution in [0.1, 0.15) is 11.3 Å². The fourth-order valence-corrected chi connectivity index (χ4v) is 4.65. The fraction of sp³-hybridized carbons (Fsp3) is 0.160. The number of benzene rings is 2. The van der Waals surface area contributed by atoms with Crippen LogP contribution in [-0.4, -0.2) is 43.4 Å². The fourth-order valence-electron chi connectivity index (χ4n) is 3.76. The predicted molar refractivity (Wildman–Crippen MR) is 129 cm³/mol. The van der Waals surface area contributed by atoms with Gasteiger partial charge in [-0.15, -0.1) is 10.2 Å². The number of thioether (sulfide) groups is 1. The molecule has 0 aliphatic carbocycles. The molecule has 5 aromatic rings. The second-order valence-corrected chi connectivity index (χ2v) is 8.79.